The highest BCUT2D eigenvalue weighted by atomic mass is 16.4. The Morgan fingerprint density at radius 3 is 2.50 bits per heavy atom. The van der Waals surface area contributed by atoms with E-state index in [9.17, 15) is 9.90 Å². The number of fused-ring (bicyclic) bond motifs is 2. The summed E-state index contributed by atoms with van der Waals surface area (Å²) in [5.41, 5.74) is 0. The average molecular weight is 196 g/mol. The minimum Gasteiger partial charge on any atom is -0.481 e. The average Bonchev–Trinajstić information content (AvgIpc) is 2.69. The summed E-state index contributed by atoms with van der Waals surface area (Å²) in [6, 6.07) is 0. The molecule has 0 amide bonds. The van der Waals surface area contributed by atoms with Crippen LogP contribution in [0.25, 0.3) is 0 Å². The fraction of sp³-hybridized carbons (Fsp3) is 0.917. The van der Waals surface area contributed by atoms with E-state index < -0.39 is 5.97 Å². The molecule has 0 spiro atoms. The first-order valence-electron chi connectivity index (χ1n) is 5.88. The van der Waals surface area contributed by atoms with Gasteiger partial charge < -0.3 is 5.11 Å². The van der Waals surface area contributed by atoms with Gasteiger partial charge in [0.1, 0.15) is 0 Å². The molecule has 2 saturated carbocycles. The van der Waals surface area contributed by atoms with Crippen molar-refractivity contribution in [2.45, 2.75) is 39.5 Å². The molecule has 5 unspecified atom stereocenters. The van der Waals surface area contributed by atoms with Gasteiger partial charge in [0.25, 0.3) is 0 Å². The third-order valence-electron chi connectivity index (χ3n) is 4.63. The third-order valence-corrected chi connectivity index (χ3v) is 4.63. The Balaban J connectivity index is 2.13. The lowest BCUT2D eigenvalue weighted by Crippen LogP contribution is -2.32. The van der Waals surface area contributed by atoms with Crippen molar-refractivity contribution in [2.75, 3.05) is 0 Å². The monoisotopic (exact) mass is 196 g/mol. The van der Waals surface area contributed by atoms with Crippen LogP contribution in [0.2, 0.25) is 0 Å². The largest absolute Gasteiger partial charge is 0.481 e. The summed E-state index contributed by atoms with van der Waals surface area (Å²) in [5, 5.41) is 9.18. The van der Waals surface area contributed by atoms with Gasteiger partial charge >= 0.3 is 5.97 Å². The van der Waals surface area contributed by atoms with Crippen LogP contribution in [-0.4, -0.2) is 11.1 Å². The maximum absolute atomic E-state index is 11.1. The Morgan fingerprint density at radius 1 is 1.43 bits per heavy atom. The highest BCUT2D eigenvalue weighted by molar-refractivity contribution is 5.70. The minimum atomic E-state index is -0.572. The van der Waals surface area contributed by atoms with Gasteiger partial charge in [0, 0.05) is 0 Å². The van der Waals surface area contributed by atoms with E-state index in [1.165, 1.54) is 19.3 Å². The van der Waals surface area contributed by atoms with Gasteiger partial charge in [-0.15, -0.1) is 0 Å². The van der Waals surface area contributed by atoms with E-state index in [1.807, 2.05) is 6.92 Å². The highest BCUT2D eigenvalue weighted by Crippen LogP contribution is 2.55. The summed E-state index contributed by atoms with van der Waals surface area (Å²) >= 11 is 0. The summed E-state index contributed by atoms with van der Waals surface area (Å²) in [5.74, 6) is 2.01. The van der Waals surface area contributed by atoms with Crippen LogP contribution in [0.1, 0.15) is 39.5 Å². The van der Waals surface area contributed by atoms with Gasteiger partial charge in [0.2, 0.25) is 0 Å². The number of carboxylic acid groups (broad SMARTS) is 1. The van der Waals surface area contributed by atoms with Crippen LogP contribution in [0, 0.1) is 29.6 Å². The molecular formula is C12H20O2. The Hall–Kier alpha value is -0.530. The number of rotatable bonds is 3. The molecule has 5 atom stereocenters. The molecule has 0 saturated heterocycles. The van der Waals surface area contributed by atoms with E-state index in [0.29, 0.717) is 11.8 Å². The van der Waals surface area contributed by atoms with Crippen molar-refractivity contribution in [1.29, 1.82) is 0 Å². The van der Waals surface area contributed by atoms with Crippen molar-refractivity contribution < 1.29 is 9.90 Å². The second kappa shape index (κ2) is 3.56. The fourth-order valence-electron chi connectivity index (χ4n) is 3.93. The predicted octanol–water partition coefficient (Wildman–Crippen LogP) is 2.78. The van der Waals surface area contributed by atoms with Gasteiger partial charge in [0.15, 0.2) is 0 Å². The van der Waals surface area contributed by atoms with Crippen LogP contribution in [0.5, 0.6) is 0 Å². The first-order valence-corrected chi connectivity index (χ1v) is 5.88. The fourth-order valence-corrected chi connectivity index (χ4v) is 3.93. The van der Waals surface area contributed by atoms with Crippen LogP contribution in [0.4, 0.5) is 0 Å². The molecule has 0 aromatic rings. The van der Waals surface area contributed by atoms with Gasteiger partial charge in [-0.25, -0.2) is 0 Å². The summed E-state index contributed by atoms with van der Waals surface area (Å²) in [6.07, 6.45) is 4.73. The van der Waals surface area contributed by atoms with Crippen molar-refractivity contribution in [2.24, 2.45) is 29.6 Å². The molecule has 2 nitrogen and oxygen atoms in total. The molecule has 14 heavy (non-hydrogen) atoms. The van der Waals surface area contributed by atoms with Crippen molar-refractivity contribution >= 4 is 5.97 Å². The van der Waals surface area contributed by atoms with Gasteiger partial charge in [0.05, 0.1) is 5.92 Å². The number of hydrogen-bond acceptors (Lipinski definition) is 1. The van der Waals surface area contributed by atoms with Crippen molar-refractivity contribution in [1.82, 2.24) is 0 Å². The maximum Gasteiger partial charge on any atom is 0.306 e. The van der Waals surface area contributed by atoms with Crippen molar-refractivity contribution in [3.8, 4) is 0 Å². The lowest BCUT2D eigenvalue weighted by molar-refractivity contribution is -0.145. The second-order valence-corrected chi connectivity index (χ2v) is 5.12. The predicted molar refractivity (Wildman–Crippen MR) is 54.9 cm³/mol. The van der Waals surface area contributed by atoms with E-state index in [4.69, 9.17) is 0 Å². The first-order chi connectivity index (χ1) is 6.65. The van der Waals surface area contributed by atoms with E-state index in [-0.39, 0.29) is 5.92 Å². The molecule has 0 radical (unpaired) electrons. The van der Waals surface area contributed by atoms with Gasteiger partial charge in [-0.05, 0) is 49.4 Å². The Morgan fingerprint density at radius 2 is 2.07 bits per heavy atom. The molecule has 2 rings (SSSR count). The van der Waals surface area contributed by atoms with E-state index in [1.54, 1.807) is 0 Å². The summed E-state index contributed by atoms with van der Waals surface area (Å²) in [7, 11) is 0. The Bertz CT molecular complexity index is 234. The standard InChI is InChI=1S/C12H20O2/c1-3-10(12(13)14)11-7(2)8-4-5-9(11)6-8/h7-11H,3-6H2,1-2H3,(H,13,14). The van der Waals surface area contributed by atoms with Crippen LogP contribution in [0.15, 0.2) is 0 Å². The van der Waals surface area contributed by atoms with Gasteiger partial charge in [-0.2, -0.15) is 0 Å². The Kier molecular flexibility index (Phi) is 2.54. The van der Waals surface area contributed by atoms with Gasteiger partial charge in [-0.1, -0.05) is 13.8 Å². The molecular weight excluding hydrogens is 176 g/mol. The zero-order chi connectivity index (χ0) is 10.3. The second-order valence-electron chi connectivity index (χ2n) is 5.12. The van der Waals surface area contributed by atoms with Crippen LogP contribution >= 0.6 is 0 Å². The van der Waals surface area contributed by atoms with Crippen LogP contribution in [0.3, 0.4) is 0 Å². The normalized spacial score (nSPS) is 42.7. The molecule has 0 aliphatic heterocycles. The molecule has 80 valence electrons. The molecule has 1 N–H and O–H groups in total. The third kappa shape index (κ3) is 1.35. The SMILES string of the molecule is CCC(C(=O)O)C1C2CCC(C2)C1C. The maximum atomic E-state index is 11.1. The molecule has 2 bridgehead atoms. The Labute approximate surface area is 85.7 Å². The molecule has 0 aromatic heterocycles. The first kappa shape index (κ1) is 10.0. The number of carbonyl (C=O) groups is 1. The van der Waals surface area contributed by atoms with Crippen molar-refractivity contribution in [3.05, 3.63) is 0 Å². The minimum absolute atomic E-state index is 0.0831. The lowest BCUT2D eigenvalue weighted by Gasteiger charge is -2.32. The number of hydrogen-bond donors (Lipinski definition) is 1. The molecule has 0 aromatic carbocycles. The zero-order valence-electron chi connectivity index (χ0n) is 9.07. The quantitative estimate of drug-likeness (QED) is 0.753. The molecule has 0 heterocycles. The topological polar surface area (TPSA) is 37.3 Å². The van der Waals surface area contributed by atoms with Crippen LogP contribution in [-0.2, 0) is 4.79 Å². The smallest absolute Gasteiger partial charge is 0.306 e. The summed E-state index contributed by atoms with van der Waals surface area (Å²) in [4.78, 5) is 11.1. The van der Waals surface area contributed by atoms with Gasteiger partial charge in [-0.3, -0.25) is 4.79 Å². The highest BCUT2D eigenvalue weighted by Gasteiger charge is 2.49. The summed E-state index contributed by atoms with van der Waals surface area (Å²) < 4.78 is 0. The molecule has 2 heteroatoms. The van der Waals surface area contributed by atoms with Crippen molar-refractivity contribution in [3.63, 3.8) is 0 Å². The molecule has 2 aliphatic carbocycles. The number of aliphatic carboxylic acids is 1. The molecule has 2 fully saturated rings. The van der Waals surface area contributed by atoms with E-state index in [0.717, 1.165) is 18.3 Å². The number of carboxylic acids is 1. The lowest BCUT2D eigenvalue weighted by atomic mass is 9.72. The summed E-state index contributed by atoms with van der Waals surface area (Å²) in [6.45, 7) is 4.28. The molecule has 2 aliphatic rings. The van der Waals surface area contributed by atoms with E-state index >= 15 is 0 Å². The van der Waals surface area contributed by atoms with E-state index in [2.05, 4.69) is 6.92 Å². The van der Waals surface area contributed by atoms with Crippen LogP contribution < -0.4 is 0 Å². The zero-order valence-corrected chi connectivity index (χ0v) is 9.07.